The van der Waals surface area contributed by atoms with E-state index in [1.54, 1.807) is 0 Å². The summed E-state index contributed by atoms with van der Waals surface area (Å²) in [7, 11) is 5.87. The molecule has 0 aromatic heterocycles. The minimum Gasteiger partial charge on any atom is -0.323 e. The molecule has 0 aliphatic carbocycles. The smallest absolute Gasteiger partial charge is 0.114 e. The highest BCUT2D eigenvalue weighted by atomic mass is 14.6. The van der Waals surface area contributed by atoms with E-state index in [0.717, 1.165) is 21.8 Å². The van der Waals surface area contributed by atoms with Gasteiger partial charge in [-0.2, -0.15) is 0 Å². The Balaban J connectivity index is 2.41. The first-order valence-electron chi connectivity index (χ1n) is 5.24. The molecule has 1 unspecified atom stereocenters. The Kier molecular flexibility index (Phi) is 3.06. The molecule has 0 spiro atoms. The molecule has 0 bridgehead atoms. The van der Waals surface area contributed by atoms with E-state index in [4.69, 9.17) is 19.0 Å². The molecule has 2 aromatic carbocycles. The second-order valence-corrected chi connectivity index (χ2v) is 3.94. The lowest BCUT2D eigenvalue weighted by atomic mass is 9.89. The first kappa shape index (κ1) is 10.9. The molecular weight excluding hydrogens is 195 g/mol. The predicted octanol–water partition coefficient (Wildman–Crippen LogP) is 1.15. The Hall–Kier alpha value is -1.61. The zero-order chi connectivity index (χ0) is 11.5. The molecule has 16 heavy (non-hydrogen) atoms. The minimum atomic E-state index is -0.210. The van der Waals surface area contributed by atoms with Crippen LogP contribution in [0.1, 0.15) is 5.56 Å². The lowest BCUT2D eigenvalue weighted by molar-refractivity contribution is 0.861. The molecule has 0 aliphatic rings. The number of nitrogens with one attached hydrogen (secondary N) is 1. The summed E-state index contributed by atoms with van der Waals surface area (Å²) in [4.78, 5) is 0. The first-order chi connectivity index (χ1) is 7.70. The molecule has 1 atom stereocenters. The molecule has 3 heteroatoms. The van der Waals surface area contributed by atoms with Crippen LogP contribution >= 0.6 is 0 Å². The van der Waals surface area contributed by atoms with Gasteiger partial charge in [-0.25, -0.2) is 0 Å². The van der Waals surface area contributed by atoms with E-state index in [0.29, 0.717) is 6.42 Å². The van der Waals surface area contributed by atoms with Crippen LogP contribution in [0.3, 0.4) is 0 Å². The van der Waals surface area contributed by atoms with Crippen LogP contribution < -0.4 is 11.2 Å². The van der Waals surface area contributed by atoms with Gasteiger partial charge in [0, 0.05) is 12.3 Å². The van der Waals surface area contributed by atoms with Crippen molar-refractivity contribution in [2.45, 2.75) is 12.5 Å². The topological polar surface area (TPSA) is 49.9 Å². The summed E-state index contributed by atoms with van der Waals surface area (Å²) >= 11 is 0. The van der Waals surface area contributed by atoms with Gasteiger partial charge in [0.25, 0.3) is 0 Å². The highest BCUT2D eigenvalue weighted by Crippen LogP contribution is 2.14. The summed E-state index contributed by atoms with van der Waals surface area (Å²) in [5, 5.41) is 9.27. The highest BCUT2D eigenvalue weighted by Gasteiger charge is 2.02. The van der Waals surface area contributed by atoms with Crippen molar-refractivity contribution in [2.75, 3.05) is 0 Å². The van der Waals surface area contributed by atoms with E-state index in [2.05, 4.69) is 6.07 Å². The fourth-order valence-corrected chi connectivity index (χ4v) is 1.82. The van der Waals surface area contributed by atoms with Crippen molar-refractivity contribution < 1.29 is 0 Å². The molecule has 2 nitrogen and oxygen atoms in total. The SMILES string of the molecule is [B]c1cccc2cc(CC(N)C=N)ccc12. The maximum absolute atomic E-state index is 7.09. The van der Waals surface area contributed by atoms with Crippen molar-refractivity contribution in [3.8, 4) is 0 Å². The predicted molar refractivity (Wildman–Crippen MR) is 69.8 cm³/mol. The maximum Gasteiger partial charge on any atom is 0.114 e. The third-order valence-electron chi connectivity index (χ3n) is 2.66. The summed E-state index contributed by atoms with van der Waals surface area (Å²) in [5.41, 5.74) is 7.64. The number of fused-ring (bicyclic) bond motifs is 1. The average Bonchev–Trinajstić information content (AvgIpc) is 2.29. The van der Waals surface area contributed by atoms with E-state index < -0.39 is 0 Å². The highest BCUT2D eigenvalue weighted by molar-refractivity contribution is 6.38. The van der Waals surface area contributed by atoms with Crippen molar-refractivity contribution in [3.05, 3.63) is 42.0 Å². The Bertz CT molecular complexity index is 522. The van der Waals surface area contributed by atoms with Gasteiger partial charge in [0.2, 0.25) is 0 Å². The summed E-state index contributed by atoms with van der Waals surface area (Å²) in [5.74, 6) is 0. The zero-order valence-electron chi connectivity index (χ0n) is 8.98. The summed E-state index contributed by atoms with van der Waals surface area (Å²) in [6.07, 6.45) is 1.96. The number of hydrogen-bond donors (Lipinski definition) is 2. The summed E-state index contributed by atoms with van der Waals surface area (Å²) < 4.78 is 0. The first-order valence-corrected chi connectivity index (χ1v) is 5.24. The maximum atomic E-state index is 7.09. The van der Waals surface area contributed by atoms with E-state index >= 15 is 0 Å². The summed E-state index contributed by atoms with van der Waals surface area (Å²) in [6, 6.07) is 11.8. The van der Waals surface area contributed by atoms with E-state index in [1.807, 2.05) is 30.3 Å². The van der Waals surface area contributed by atoms with Crippen LogP contribution in [-0.2, 0) is 6.42 Å². The Morgan fingerprint density at radius 3 is 2.88 bits per heavy atom. The Labute approximate surface area is 96.4 Å². The lowest BCUT2D eigenvalue weighted by Gasteiger charge is -2.08. The monoisotopic (exact) mass is 208 g/mol. The minimum absolute atomic E-state index is 0.210. The molecule has 0 heterocycles. The third kappa shape index (κ3) is 2.14. The van der Waals surface area contributed by atoms with Crippen molar-refractivity contribution >= 4 is 30.3 Å². The van der Waals surface area contributed by atoms with Crippen LogP contribution in [0, 0.1) is 5.41 Å². The van der Waals surface area contributed by atoms with Gasteiger partial charge < -0.3 is 11.1 Å². The summed E-state index contributed by atoms with van der Waals surface area (Å²) in [6.45, 7) is 0. The Morgan fingerprint density at radius 2 is 2.12 bits per heavy atom. The molecule has 0 amide bonds. The lowest BCUT2D eigenvalue weighted by Crippen LogP contribution is -2.23. The molecule has 2 radical (unpaired) electrons. The Morgan fingerprint density at radius 1 is 1.31 bits per heavy atom. The van der Waals surface area contributed by atoms with Gasteiger partial charge >= 0.3 is 0 Å². The van der Waals surface area contributed by atoms with Gasteiger partial charge in [-0.05, 0) is 22.8 Å². The average molecular weight is 208 g/mol. The molecule has 0 saturated carbocycles. The van der Waals surface area contributed by atoms with Gasteiger partial charge in [0.15, 0.2) is 0 Å². The van der Waals surface area contributed by atoms with Crippen molar-refractivity contribution in [1.29, 1.82) is 5.41 Å². The fourth-order valence-electron chi connectivity index (χ4n) is 1.82. The van der Waals surface area contributed by atoms with Crippen LogP contribution in [0.25, 0.3) is 10.8 Å². The van der Waals surface area contributed by atoms with Gasteiger partial charge in [-0.1, -0.05) is 41.9 Å². The van der Waals surface area contributed by atoms with Crippen LogP contribution in [0.15, 0.2) is 36.4 Å². The standard InChI is InChI=1S/C13H13BN2/c14-13-3-1-2-10-6-9(4-5-12(10)13)7-11(16)8-15/h1-6,8,11,15H,7,16H2. The number of hydrogen-bond acceptors (Lipinski definition) is 2. The quantitative estimate of drug-likeness (QED) is 0.576. The van der Waals surface area contributed by atoms with Crippen LogP contribution in [-0.4, -0.2) is 20.1 Å². The van der Waals surface area contributed by atoms with Gasteiger partial charge in [0.05, 0.1) is 0 Å². The van der Waals surface area contributed by atoms with Crippen LogP contribution in [0.2, 0.25) is 0 Å². The second-order valence-electron chi connectivity index (χ2n) is 3.94. The van der Waals surface area contributed by atoms with E-state index in [9.17, 15) is 0 Å². The molecule has 0 fully saturated rings. The molecule has 2 rings (SSSR count). The molecule has 0 saturated heterocycles. The zero-order valence-corrected chi connectivity index (χ0v) is 8.98. The van der Waals surface area contributed by atoms with Crippen molar-refractivity contribution in [1.82, 2.24) is 0 Å². The van der Waals surface area contributed by atoms with E-state index in [1.165, 1.54) is 6.21 Å². The largest absolute Gasteiger partial charge is 0.323 e. The number of rotatable bonds is 3. The molecule has 2 aromatic rings. The van der Waals surface area contributed by atoms with Crippen LogP contribution in [0.5, 0.6) is 0 Å². The third-order valence-corrected chi connectivity index (χ3v) is 2.66. The molecule has 78 valence electrons. The normalized spacial score (nSPS) is 12.6. The molecular formula is C13H13BN2. The second kappa shape index (κ2) is 4.50. The van der Waals surface area contributed by atoms with E-state index in [-0.39, 0.29) is 6.04 Å². The van der Waals surface area contributed by atoms with Gasteiger partial charge in [-0.3, -0.25) is 0 Å². The van der Waals surface area contributed by atoms with Gasteiger partial charge in [0.1, 0.15) is 7.85 Å². The number of benzene rings is 2. The van der Waals surface area contributed by atoms with Crippen LogP contribution in [0.4, 0.5) is 0 Å². The fraction of sp³-hybridized carbons (Fsp3) is 0.154. The molecule has 0 aliphatic heterocycles. The van der Waals surface area contributed by atoms with Gasteiger partial charge in [-0.15, -0.1) is 0 Å². The molecule has 3 N–H and O–H groups in total. The number of nitrogens with two attached hydrogens (primary N) is 1. The van der Waals surface area contributed by atoms with Crippen molar-refractivity contribution in [3.63, 3.8) is 0 Å². The van der Waals surface area contributed by atoms with Crippen molar-refractivity contribution in [2.24, 2.45) is 5.73 Å².